The van der Waals surface area contributed by atoms with Crippen LogP contribution in [0, 0.1) is 5.92 Å². The van der Waals surface area contributed by atoms with Crippen LogP contribution in [-0.4, -0.2) is 28.3 Å². The third kappa shape index (κ3) is 5.95. The molecule has 0 unspecified atom stereocenters. The van der Waals surface area contributed by atoms with Gasteiger partial charge in [0.1, 0.15) is 5.60 Å². The number of ether oxygens (including phenoxy) is 1. The van der Waals surface area contributed by atoms with Crippen LogP contribution in [0.1, 0.15) is 32.8 Å². The molecule has 1 saturated heterocycles. The molecular weight excluding hydrogens is 300 g/mol. The van der Waals surface area contributed by atoms with Crippen LogP contribution in [0.5, 0.6) is 0 Å². The Balaban J connectivity index is 1.69. The van der Waals surface area contributed by atoms with Gasteiger partial charge in [-0.15, -0.1) is 0 Å². The monoisotopic (exact) mass is 324 g/mol. The predicted molar refractivity (Wildman–Crippen MR) is 92.8 cm³/mol. The van der Waals surface area contributed by atoms with Crippen LogP contribution in [-0.2, 0) is 15.3 Å². The molecule has 4 heteroatoms. The van der Waals surface area contributed by atoms with Crippen molar-refractivity contribution in [2.45, 2.75) is 43.8 Å². The lowest BCUT2D eigenvalue weighted by molar-refractivity contribution is -0.159. The van der Waals surface area contributed by atoms with Gasteiger partial charge in [-0.25, -0.2) is 0 Å². The van der Waals surface area contributed by atoms with Crippen molar-refractivity contribution in [3.8, 4) is 0 Å². The van der Waals surface area contributed by atoms with E-state index in [9.17, 15) is 4.79 Å². The zero-order valence-electron chi connectivity index (χ0n) is 13.0. The van der Waals surface area contributed by atoms with Crippen molar-refractivity contribution in [3.63, 3.8) is 0 Å². The first kappa shape index (κ1) is 16.8. The highest BCUT2D eigenvalue weighted by Crippen LogP contribution is 2.35. The van der Waals surface area contributed by atoms with Gasteiger partial charge in [0, 0.05) is 22.5 Å². The summed E-state index contributed by atoms with van der Waals surface area (Å²) in [6.45, 7) is 5.79. The van der Waals surface area contributed by atoms with E-state index in [2.05, 4.69) is 24.3 Å². The molecule has 2 atom stereocenters. The minimum Gasteiger partial charge on any atom is -0.460 e. The predicted octanol–water partition coefficient (Wildman–Crippen LogP) is 4.38. The quantitative estimate of drug-likeness (QED) is 0.751. The van der Waals surface area contributed by atoms with Crippen LogP contribution in [0.3, 0.4) is 0 Å². The Kier molecular flexibility index (Phi) is 6.06. The fourth-order valence-corrected chi connectivity index (χ4v) is 5.02. The topological polar surface area (TPSA) is 26.3 Å². The fraction of sp³-hybridized carbons (Fsp3) is 0.588. The van der Waals surface area contributed by atoms with Gasteiger partial charge in [-0.2, -0.15) is 23.5 Å². The van der Waals surface area contributed by atoms with Gasteiger partial charge in [-0.3, -0.25) is 4.79 Å². The molecule has 2 rings (SSSR count). The lowest BCUT2D eigenvalue weighted by Crippen LogP contribution is -2.29. The second kappa shape index (κ2) is 7.59. The van der Waals surface area contributed by atoms with E-state index in [4.69, 9.17) is 4.74 Å². The molecule has 21 heavy (non-hydrogen) atoms. The maximum Gasteiger partial charge on any atom is 0.310 e. The molecule has 0 spiro atoms. The molecule has 0 radical (unpaired) electrons. The van der Waals surface area contributed by atoms with Crippen molar-refractivity contribution in [1.29, 1.82) is 0 Å². The number of hydrogen-bond acceptors (Lipinski definition) is 4. The van der Waals surface area contributed by atoms with Crippen molar-refractivity contribution in [3.05, 3.63) is 35.9 Å². The number of benzene rings is 1. The van der Waals surface area contributed by atoms with Crippen LogP contribution in [0.25, 0.3) is 0 Å². The van der Waals surface area contributed by atoms with Crippen LogP contribution < -0.4 is 0 Å². The van der Waals surface area contributed by atoms with Crippen LogP contribution in [0.4, 0.5) is 0 Å². The SMILES string of the molecule is CC(C)(C)OC(=O)[C@@H]1CS[C@@H](CSCc2ccccc2)C1. The highest BCUT2D eigenvalue weighted by Gasteiger charge is 2.33. The van der Waals surface area contributed by atoms with Crippen molar-refractivity contribution < 1.29 is 9.53 Å². The minimum absolute atomic E-state index is 0.0226. The van der Waals surface area contributed by atoms with E-state index in [1.165, 1.54) is 5.56 Å². The zero-order valence-corrected chi connectivity index (χ0v) is 14.6. The minimum atomic E-state index is -0.373. The second-order valence-electron chi connectivity index (χ2n) is 6.42. The number of carbonyl (C=O) groups is 1. The first-order valence-electron chi connectivity index (χ1n) is 7.40. The van der Waals surface area contributed by atoms with E-state index in [1.807, 2.05) is 50.4 Å². The summed E-state index contributed by atoms with van der Waals surface area (Å²) in [4.78, 5) is 12.1. The maximum atomic E-state index is 12.1. The van der Waals surface area contributed by atoms with E-state index in [0.717, 1.165) is 23.7 Å². The molecule has 116 valence electrons. The average molecular weight is 325 g/mol. The summed E-state index contributed by atoms with van der Waals surface area (Å²) in [5.74, 6) is 3.13. The first-order valence-corrected chi connectivity index (χ1v) is 9.60. The Bertz CT molecular complexity index is 454. The van der Waals surface area contributed by atoms with E-state index in [1.54, 1.807) is 0 Å². The summed E-state index contributed by atoms with van der Waals surface area (Å²) >= 11 is 3.88. The van der Waals surface area contributed by atoms with Gasteiger partial charge in [0.05, 0.1) is 5.92 Å². The summed E-state index contributed by atoms with van der Waals surface area (Å²) in [5.41, 5.74) is 0.997. The summed E-state index contributed by atoms with van der Waals surface area (Å²) < 4.78 is 5.48. The van der Waals surface area contributed by atoms with Gasteiger partial charge in [0.2, 0.25) is 0 Å². The van der Waals surface area contributed by atoms with Gasteiger partial charge in [0.25, 0.3) is 0 Å². The van der Waals surface area contributed by atoms with Gasteiger partial charge >= 0.3 is 5.97 Å². The van der Waals surface area contributed by atoms with Gasteiger partial charge in [-0.1, -0.05) is 30.3 Å². The lowest BCUT2D eigenvalue weighted by Gasteiger charge is -2.21. The van der Waals surface area contributed by atoms with Crippen molar-refractivity contribution >= 4 is 29.5 Å². The van der Waals surface area contributed by atoms with Crippen LogP contribution in [0.2, 0.25) is 0 Å². The number of carbonyl (C=O) groups excluding carboxylic acids is 1. The molecule has 0 aliphatic carbocycles. The summed E-state index contributed by atoms with van der Waals surface area (Å²) in [6.07, 6.45) is 0.960. The molecule has 1 aromatic rings. The third-order valence-corrected chi connectivity index (χ3v) is 6.05. The molecule has 0 saturated carbocycles. The standard InChI is InChI=1S/C17H24O2S2/c1-17(2,3)19-16(18)14-9-15(21-11-14)12-20-10-13-7-5-4-6-8-13/h4-8,14-15H,9-12H2,1-3H3/t14-,15+/m0/s1. The van der Waals surface area contributed by atoms with E-state index in [-0.39, 0.29) is 17.5 Å². The van der Waals surface area contributed by atoms with Gasteiger partial charge < -0.3 is 4.74 Å². The largest absolute Gasteiger partial charge is 0.460 e. The Morgan fingerprint density at radius 1 is 1.33 bits per heavy atom. The highest BCUT2D eigenvalue weighted by atomic mass is 32.2. The molecule has 0 N–H and O–H groups in total. The molecule has 0 bridgehead atoms. The highest BCUT2D eigenvalue weighted by molar-refractivity contribution is 8.03. The lowest BCUT2D eigenvalue weighted by atomic mass is 10.1. The Morgan fingerprint density at radius 3 is 2.71 bits per heavy atom. The van der Waals surface area contributed by atoms with Crippen molar-refractivity contribution in [2.75, 3.05) is 11.5 Å². The van der Waals surface area contributed by atoms with Crippen molar-refractivity contribution in [1.82, 2.24) is 0 Å². The summed E-state index contributed by atoms with van der Waals surface area (Å²) in [6, 6.07) is 10.5. The number of hydrogen-bond donors (Lipinski definition) is 0. The van der Waals surface area contributed by atoms with E-state index in [0.29, 0.717) is 5.25 Å². The molecule has 1 heterocycles. The second-order valence-corrected chi connectivity index (χ2v) is 8.79. The maximum absolute atomic E-state index is 12.1. The third-order valence-electron chi connectivity index (χ3n) is 3.24. The number of esters is 1. The average Bonchev–Trinajstić information content (AvgIpc) is 2.87. The smallest absolute Gasteiger partial charge is 0.310 e. The Labute approximate surface area is 136 Å². The zero-order chi connectivity index (χ0) is 15.3. The Hall–Kier alpha value is -0.610. The number of thioether (sulfide) groups is 2. The first-order chi connectivity index (χ1) is 9.94. The molecule has 1 aliphatic heterocycles. The molecular formula is C17H24O2S2. The van der Waals surface area contributed by atoms with E-state index < -0.39 is 0 Å². The van der Waals surface area contributed by atoms with Gasteiger partial charge in [-0.05, 0) is 32.8 Å². The van der Waals surface area contributed by atoms with Crippen molar-refractivity contribution in [2.24, 2.45) is 5.92 Å². The Morgan fingerprint density at radius 2 is 2.05 bits per heavy atom. The number of rotatable bonds is 5. The van der Waals surface area contributed by atoms with E-state index >= 15 is 0 Å². The molecule has 0 amide bonds. The fourth-order valence-electron chi connectivity index (χ4n) is 2.25. The molecule has 2 nitrogen and oxygen atoms in total. The van der Waals surface area contributed by atoms with Gasteiger partial charge in [0.15, 0.2) is 0 Å². The van der Waals surface area contributed by atoms with Crippen LogP contribution >= 0.6 is 23.5 Å². The molecule has 0 aromatic heterocycles. The molecule has 1 aromatic carbocycles. The molecule has 1 aliphatic rings. The summed E-state index contributed by atoms with van der Waals surface area (Å²) in [7, 11) is 0. The van der Waals surface area contributed by atoms with Crippen LogP contribution in [0.15, 0.2) is 30.3 Å². The normalized spacial score (nSPS) is 22.2. The summed E-state index contributed by atoms with van der Waals surface area (Å²) in [5, 5.41) is 0.580. The molecule has 1 fully saturated rings.